The van der Waals surface area contributed by atoms with Gasteiger partial charge in [0.05, 0.1) is 29.9 Å². The minimum absolute atomic E-state index is 0.0658. The van der Waals surface area contributed by atoms with Crippen LogP contribution in [0.5, 0.6) is 0 Å². The molecule has 1 aromatic heterocycles. The summed E-state index contributed by atoms with van der Waals surface area (Å²) in [6.07, 6.45) is 3.50. The van der Waals surface area contributed by atoms with Crippen molar-refractivity contribution < 1.29 is 9.90 Å². The van der Waals surface area contributed by atoms with E-state index in [0.717, 1.165) is 25.2 Å². The average Bonchev–Trinajstić information content (AvgIpc) is 3.22. The summed E-state index contributed by atoms with van der Waals surface area (Å²) < 4.78 is 0. The van der Waals surface area contributed by atoms with E-state index in [4.69, 9.17) is 0 Å². The van der Waals surface area contributed by atoms with Gasteiger partial charge in [-0.2, -0.15) is 0 Å². The highest BCUT2D eigenvalue weighted by molar-refractivity contribution is 5.97. The van der Waals surface area contributed by atoms with E-state index in [-0.39, 0.29) is 24.2 Å². The molecule has 2 aliphatic rings. The number of carbonyl (C=O) groups is 1. The Morgan fingerprint density at radius 3 is 2.31 bits per heavy atom. The molecule has 3 heterocycles. The summed E-state index contributed by atoms with van der Waals surface area (Å²) in [5.41, 5.74) is 6.07. The summed E-state index contributed by atoms with van der Waals surface area (Å²) in [4.78, 5) is 22.0. The molecule has 1 amide bonds. The lowest BCUT2D eigenvalue weighted by molar-refractivity contribution is -0.120. The summed E-state index contributed by atoms with van der Waals surface area (Å²) >= 11 is 0. The monoisotopic (exact) mass is 481 g/mol. The molecule has 0 aliphatic carbocycles. The highest BCUT2D eigenvalue weighted by Gasteiger charge is 2.36. The van der Waals surface area contributed by atoms with Crippen LogP contribution in [0.15, 0.2) is 42.6 Å². The molecule has 3 unspecified atom stereocenters. The number of hydrogen-bond donors (Lipinski definition) is 4. The van der Waals surface area contributed by atoms with Gasteiger partial charge in [-0.3, -0.25) is 15.2 Å². The Balaban J connectivity index is 1.50. The fourth-order valence-electron chi connectivity index (χ4n) is 5.20. The second kappa shape index (κ2) is 10.6. The first-order chi connectivity index (χ1) is 16.8. The molecule has 9 heteroatoms. The molecule has 9 nitrogen and oxygen atoms in total. The van der Waals surface area contributed by atoms with Crippen LogP contribution in [0.3, 0.4) is 0 Å². The van der Waals surface area contributed by atoms with E-state index in [9.17, 15) is 9.90 Å². The van der Waals surface area contributed by atoms with E-state index in [0.29, 0.717) is 18.7 Å². The number of hydrazine groups is 1. The molecule has 2 aliphatic heterocycles. The molecule has 1 aromatic carbocycles. The van der Waals surface area contributed by atoms with Crippen molar-refractivity contribution in [3.05, 3.63) is 53.9 Å². The maximum Gasteiger partial charge on any atom is 0.230 e. The zero-order chi connectivity index (χ0) is 25.2. The Bertz CT molecular complexity index is 994. The van der Waals surface area contributed by atoms with Gasteiger partial charge in [-0.25, -0.2) is 5.01 Å². The highest BCUT2D eigenvalue weighted by atomic mass is 16.3. The van der Waals surface area contributed by atoms with E-state index in [1.807, 2.05) is 32.1 Å². The van der Waals surface area contributed by atoms with Gasteiger partial charge in [-0.05, 0) is 71.6 Å². The molecule has 2 fully saturated rings. The number of rotatable bonds is 8. The summed E-state index contributed by atoms with van der Waals surface area (Å²) in [6, 6.07) is 12.1. The van der Waals surface area contributed by atoms with E-state index >= 15 is 0 Å². The number of anilines is 2. The second-order valence-electron chi connectivity index (χ2n) is 9.91. The number of likely N-dealkylation sites (N-methyl/N-ethyl adjacent to an activating group) is 2. The van der Waals surface area contributed by atoms with Crippen LogP contribution in [0, 0.1) is 5.92 Å². The van der Waals surface area contributed by atoms with E-state index in [2.05, 4.69) is 55.2 Å². The van der Waals surface area contributed by atoms with Gasteiger partial charge in [0.2, 0.25) is 5.91 Å². The van der Waals surface area contributed by atoms with Crippen LogP contribution in [-0.4, -0.2) is 74.1 Å². The molecular weight excluding hydrogens is 442 g/mol. The molecule has 4 rings (SSSR count). The maximum absolute atomic E-state index is 13.4. The average molecular weight is 482 g/mol. The van der Waals surface area contributed by atoms with E-state index in [1.54, 1.807) is 26.1 Å². The van der Waals surface area contributed by atoms with Crippen molar-refractivity contribution in [3.63, 3.8) is 0 Å². The van der Waals surface area contributed by atoms with Crippen molar-refractivity contribution in [1.29, 1.82) is 0 Å². The van der Waals surface area contributed by atoms with Crippen molar-refractivity contribution in [1.82, 2.24) is 26.1 Å². The van der Waals surface area contributed by atoms with Crippen molar-refractivity contribution in [2.75, 3.05) is 50.6 Å². The quantitative estimate of drug-likeness (QED) is 0.448. The fraction of sp³-hybridized carbons (Fsp3) is 0.538. The second-order valence-corrected chi connectivity index (χ2v) is 9.91. The summed E-state index contributed by atoms with van der Waals surface area (Å²) in [6.45, 7) is 5.76. The zero-order valence-electron chi connectivity index (χ0n) is 21.5. The predicted octanol–water partition coefficient (Wildman–Crippen LogP) is 1.25. The third kappa shape index (κ3) is 5.34. The molecule has 0 bridgehead atoms. The van der Waals surface area contributed by atoms with E-state index < -0.39 is 5.60 Å². The first-order valence-electron chi connectivity index (χ1n) is 12.4. The number of nitrogens with one attached hydrogen (secondary N) is 3. The van der Waals surface area contributed by atoms with Crippen LogP contribution >= 0.6 is 0 Å². The highest BCUT2D eigenvalue weighted by Crippen LogP contribution is 2.32. The number of para-hydroxylation sites is 1. The number of benzene rings is 1. The number of piperazine rings is 1. The minimum atomic E-state index is -1.00. The van der Waals surface area contributed by atoms with Crippen LogP contribution in [0.2, 0.25) is 0 Å². The van der Waals surface area contributed by atoms with E-state index in [1.165, 1.54) is 11.3 Å². The number of nitrogens with zero attached hydrogens (tertiary/aromatic N) is 4. The summed E-state index contributed by atoms with van der Waals surface area (Å²) in [7, 11) is 5.90. The predicted molar refractivity (Wildman–Crippen MR) is 139 cm³/mol. The zero-order valence-corrected chi connectivity index (χ0v) is 21.5. The number of carbonyl (C=O) groups excluding carboxylic acids is 1. The van der Waals surface area contributed by atoms with Crippen molar-refractivity contribution in [2.24, 2.45) is 5.92 Å². The summed E-state index contributed by atoms with van der Waals surface area (Å²) in [5, 5.41) is 19.2. The van der Waals surface area contributed by atoms with Gasteiger partial charge in [0.1, 0.15) is 5.60 Å². The van der Waals surface area contributed by atoms with Crippen molar-refractivity contribution in [3.8, 4) is 0 Å². The minimum Gasteiger partial charge on any atom is -0.384 e. The normalized spacial score (nSPS) is 23.8. The first-order valence-corrected chi connectivity index (χ1v) is 12.4. The maximum atomic E-state index is 13.4. The van der Waals surface area contributed by atoms with Gasteiger partial charge in [0, 0.05) is 31.2 Å². The number of amides is 1. The topological polar surface area (TPSA) is 96.0 Å². The Morgan fingerprint density at radius 2 is 1.74 bits per heavy atom. The van der Waals surface area contributed by atoms with Crippen molar-refractivity contribution >= 4 is 17.3 Å². The van der Waals surface area contributed by atoms with Gasteiger partial charge >= 0.3 is 0 Å². The Hall–Kier alpha value is -2.56. The molecule has 0 radical (unpaired) electrons. The summed E-state index contributed by atoms with van der Waals surface area (Å²) in [5.74, 6) is 0.0720. The molecule has 2 aromatic rings. The molecule has 0 spiro atoms. The van der Waals surface area contributed by atoms with Crippen LogP contribution < -0.4 is 25.9 Å². The van der Waals surface area contributed by atoms with Crippen molar-refractivity contribution in [2.45, 2.75) is 44.6 Å². The lowest BCUT2D eigenvalue weighted by Crippen LogP contribution is -2.69. The van der Waals surface area contributed by atoms with Gasteiger partial charge in [-0.15, -0.1) is 0 Å². The first kappa shape index (κ1) is 25.5. The molecule has 0 saturated carbocycles. The standard InChI is InChI=1S/C26H39N7O2/c1-26(2,35)22-11-10-20(15-30-22)32-13-12-19(25(32)34)14-18-8-6-7-9-21(18)31-16-23(27-3)33(29-5)24(17-31)28-4/h6-11,15,19,23-24,27-29,35H,12-14,16-17H2,1-5H3. The number of aliphatic hydroxyl groups is 1. The Kier molecular flexibility index (Phi) is 7.73. The molecule has 190 valence electrons. The molecule has 2 saturated heterocycles. The molecule has 35 heavy (non-hydrogen) atoms. The SMILES string of the molecule is CNC1CN(c2ccccc2CC2CCN(c3ccc(C(C)(C)O)nc3)C2=O)CC(NC)N1NC. The number of pyridine rings is 1. The van der Waals surface area contributed by atoms with Crippen LogP contribution in [-0.2, 0) is 16.8 Å². The number of hydrogen-bond acceptors (Lipinski definition) is 8. The van der Waals surface area contributed by atoms with Crippen LogP contribution in [0.1, 0.15) is 31.5 Å². The molecule has 3 atom stereocenters. The Labute approximate surface area is 208 Å². The molecular formula is C26H39N7O2. The van der Waals surface area contributed by atoms with Gasteiger partial charge < -0.3 is 25.5 Å². The van der Waals surface area contributed by atoms with Crippen LogP contribution in [0.25, 0.3) is 0 Å². The third-order valence-electron chi connectivity index (χ3n) is 7.18. The fourth-order valence-corrected chi connectivity index (χ4v) is 5.20. The lowest BCUT2D eigenvalue weighted by atomic mass is 9.96. The van der Waals surface area contributed by atoms with Crippen LogP contribution in [0.4, 0.5) is 11.4 Å². The largest absolute Gasteiger partial charge is 0.384 e. The number of aromatic nitrogens is 1. The smallest absolute Gasteiger partial charge is 0.230 e. The lowest BCUT2D eigenvalue weighted by Gasteiger charge is -2.47. The van der Waals surface area contributed by atoms with Gasteiger partial charge in [0.15, 0.2) is 0 Å². The Morgan fingerprint density at radius 1 is 1.06 bits per heavy atom. The molecule has 4 N–H and O–H groups in total. The van der Waals surface area contributed by atoms with Gasteiger partial charge in [-0.1, -0.05) is 18.2 Å². The third-order valence-corrected chi connectivity index (χ3v) is 7.18. The van der Waals surface area contributed by atoms with Gasteiger partial charge in [0.25, 0.3) is 0 Å².